The summed E-state index contributed by atoms with van der Waals surface area (Å²) in [5, 5.41) is 9.38. The zero-order valence-electron chi connectivity index (χ0n) is 13.0. The van der Waals surface area contributed by atoms with Crippen molar-refractivity contribution in [2.45, 2.75) is 97.2 Å². The lowest BCUT2D eigenvalue weighted by Crippen LogP contribution is -2.11. The normalized spacial score (nSPS) is 12.8. The van der Waals surface area contributed by atoms with Gasteiger partial charge in [-0.25, -0.2) is 9.78 Å². The van der Waals surface area contributed by atoms with Gasteiger partial charge in [-0.1, -0.05) is 71.1 Å². The van der Waals surface area contributed by atoms with Crippen molar-refractivity contribution in [3.63, 3.8) is 0 Å². The number of aliphatic hydroxyl groups excluding tert-OH is 1. The van der Waals surface area contributed by atoms with Gasteiger partial charge in [0.15, 0.2) is 6.29 Å². The van der Waals surface area contributed by atoms with Crippen LogP contribution in [0.2, 0.25) is 0 Å². The molecule has 3 heteroatoms. The van der Waals surface area contributed by atoms with Crippen LogP contribution in [0.5, 0.6) is 0 Å². The zero-order chi connectivity index (χ0) is 14.2. The molecule has 0 saturated heterocycles. The van der Waals surface area contributed by atoms with Crippen LogP contribution in [0.3, 0.4) is 0 Å². The van der Waals surface area contributed by atoms with Gasteiger partial charge >= 0.3 is 0 Å². The molecule has 0 amide bonds. The Morgan fingerprint density at radius 3 is 1.68 bits per heavy atom. The molecule has 3 nitrogen and oxygen atoms in total. The van der Waals surface area contributed by atoms with Crippen LogP contribution in [-0.2, 0) is 9.78 Å². The van der Waals surface area contributed by atoms with Gasteiger partial charge in [-0.05, 0) is 13.3 Å². The van der Waals surface area contributed by atoms with Gasteiger partial charge in [-0.2, -0.15) is 0 Å². The summed E-state index contributed by atoms with van der Waals surface area (Å²) in [5.74, 6) is 0. The predicted molar refractivity (Wildman–Crippen MR) is 79.8 cm³/mol. The third-order valence-electron chi connectivity index (χ3n) is 3.35. The maximum absolute atomic E-state index is 9.38. The van der Waals surface area contributed by atoms with Crippen LogP contribution >= 0.6 is 0 Å². The summed E-state index contributed by atoms with van der Waals surface area (Å²) >= 11 is 0. The average Bonchev–Trinajstić information content (AvgIpc) is 2.42. The Labute approximate surface area is 119 Å². The minimum absolute atomic E-state index is 0.481. The monoisotopic (exact) mass is 274 g/mol. The van der Waals surface area contributed by atoms with Gasteiger partial charge in [-0.15, -0.1) is 0 Å². The van der Waals surface area contributed by atoms with Crippen LogP contribution in [0.15, 0.2) is 0 Å². The minimum atomic E-state index is -0.751. The number of hydrogen-bond acceptors (Lipinski definition) is 3. The molecule has 0 spiro atoms. The molecule has 0 aromatic rings. The second kappa shape index (κ2) is 15.9. The number of rotatable bonds is 15. The highest BCUT2D eigenvalue weighted by molar-refractivity contribution is 4.49. The topological polar surface area (TPSA) is 38.7 Å². The quantitative estimate of drug-likeness (QED) is 0.198. The van der Waals surface area contributed by atoms with E-state index in [0.717, 1.165) is 6.42 Å². The number of aliphatic hydroxyl groups is 1. The van der Waals surface area contributed by atoms with E-state index in [2.05, 4.69) is 6.92 Å². The first kappa shape index (κ1) is 18.9. The standard InChI is InChI=1S/C16H34O3/c1-3-5-6-7-8-9-10-11-12-13-14-15-16(17)19-18-4-2/h16-17H,3-15H2,1-2H3. The first-order valence-electron chi connectivity index (χ1n) is 8.27. The average molecular weight is 274 g/mol. The lowest BCUT2D eigenvalue weighted by Gasteiger charge is -2.09. The Kier molecular flexibility index (Phi) is 15.8. The third-order valence-corrected chi connectivity index (χ3v) is 3.35. The minimum Gasteiger partial charge on any atom is -0.366 e. The Morgan fingerprint density at radius 2 is 1.21 bits per heavy atom. The van der Waals surface area contributed by atoms with E-state index in [-0.39, 0.29) is 0 Å². The van der Waals surface area contributed by atoms with Gasteiger partial charge in [0.1, 0.15) is 0 Å². The van der Waals surface area contributed by atoms with Crippen LogP contribution in [0.25, 0.3) is 0 Å². The molecular formula is C16H34O3. The van der Waals surface area contributed by atoms with Gasteiger partial charge in [-0.3, -0.25) is 0 Å². The fourth-order valence-electron chi connectivity index (χ4n) is 2.18. The smallest absolute Gasteiger partial charge is 0.188 e. The first-order chi connectivity index (χ1) is 9.31. The molecule has 0 fully saturated rings. The second-order valence-corrected chi connectivity index (χ2v) is 5.28. The van der Waals surface area contributed by atoms with E-state index in [4.69, 9.17) is 9.78 Å². The number of unbranched alkanes of at least 4 members (excludes halogenated alkanes) is 10. The molecule has 19 heavy (non-hydrogen) atoms. The van der Waals surface area contributed by atoms with E-state index in [1.54, 1.807) is 0 Å². The van der Waals surface area contributed by atoms with Crippen LogP contribution in [0, 0.1) is 0 Å². The fourth-order valence-corrected chi connectivity index (χ4v) is 2.18. The predicted octanol–water partition coefficient (Wildman–Crippen LogP) is 4.97. The summed E-state index contributed by atoms with van der Waals surface area (Å²) in [4.78, 5) is 9.43. The Morgan fingerprint density at radius 1 is 0.737 bits per heavy atom. The molecule has 1 atom stereocenters. The molecule has 0 bridgehead atoms. The Balaban J connectivity index is 3.02. The molecule has 0 aliphatic heterocycles. The second-order valence-electron chi connectivity index (χ2n) is 5.28. The summed E-state index contributed by atoms with van der Waals surface area (Å²) < 4.78 is 0. The first-order valence-corrected chi connectivity index (χ1v) is 8.27. The van der Waals surface area contributed by atoms with E-state index in [1.165, 1.54) is 64.2 Å². The summed E-state index contributed by atoms with van der Waals surface area (Å²) in [5.41, 5.74) is 0. The molecule has 116 valence electrons. The lowest BCUT2D eigenvalue weighted by atomic mass is 10.1. The highest BCUT2D eigenvalue weighted by Crippen LogP contribution is 2.12. The van der Waals surface area contributed by atoms with E-state index >= 15 is 0 Å². The van der Waals surface area contributed by atoms with Crippen LogP contribution in [-0.4, -0.2) is 18.0 Å². The Hall–Kier alpha value is -0.120. The molecule has 1 unspecified atom stereocenters. The molecule has 0 aliphatic rings. The highest BCUT2D eigenvalue weighted by Gasteiger charge is 2.03. The van der Waals surface area contributed by atoms with E-state index in [9.17, 15) is 5.11 Å². The number of hydrogen-bond donors (Lipinski definition) is 1. The Bertz CT molecular complexity index is 162. The van der Waals surface area contributed by atoms with Gasteiger partial charge in [0.05, 0.1) is 6.61 Å². The SMILES string of the molecule is CCCCCCCCCCCCCC(O)OOCC. The summed E-state index contributed by atoms with van der Waals surface area (Å²) in [7, 11) is 0. The summed E-state index contributed by atoms with van der Waals surface area (Å²) in [6.45, 7) is 4.58. The molecule has 0 aliphatic carbocycles. The van der Waals surface area contributed by atoms with Gasteiger partial charge in [0.2, 0.25) is 0 Å². The van der Waals surface area contributed by atoms with Gasteiger partial charge in [0, 0.05) is 6.42 Å². The van der Waals surface area contributed by atoms with Crippen LogP contribution < -0.4 is 0 Å². The van der Waals surface area contributed by atoms with E-state index < -0.39 is 6.29 Å². The lowest BCUT2D eigenvalue weighted by molar-refractivity contribution is -0.368. The van der Waals surface area contributed by atoms with Crippen molar-refractivity contribution in [3.8, 4) is 0 Å². The molecule has 0 aromatic heterocycles. The fraction of sp³-hybridized carbons (Fsp3) is 1.00. The van der Waals surface area contributed by atoms with Gasteiger partial charge in [0.25, 0.3) is 0 Å². The third kappa shape index (κ3) is 15.8. The van der Waals surface area contributed by atoms with E-state index in [0.29, 0.717) is 13.0 Å². The van der Waals surface area contributed by atoms with Gasteiger partial charge < -0.3 is 5.11 Å². The maximum Gasteiger partial charge on any atom is 0.188 e. The molecule has 0 saturated carbocycles. The van der Waals surface area contributed by atoms with Crippen molar-refractivity contribution in [3.05, 3.63) is 0 Å². The van der Waals surface area contributed by atoms with Crippen molar-refractivity contribution in [2.24, 2.45) is 0 Å². The van der Waals surface area contributed by atoms with E-state index in [1.807, 2.05) is 6.92 Å². The van der Waals surface area contributed by atoms with Crippen molar-refractivity contribution in [1.29, 1.82) is 0 Å². The van der Waals surface area contributed by atoms with Crippen molar-refractivity contribution in [1.82, 2.24) is 0 Å². The highest BCUT2D eigenvalue weighted by atomic mass is 17.2. The molecule has 0 rings (SSSR count). The zero-order valence-corrected chi connectivity index (χ0v) is 13.0. The molecular weight excluding hydrogens is 240 g/mol. The van der Waals surface area contributed by atoms with Crippen molar-refractivity contribution in [2.75, 3.05) is 6.61 Å². The summed E-state index contributed by atoms with van der Waals surface area (Å²) in [6, 6.07) is 0. The largest absolute Gasteiger partial charge is 0.366 e. The molecule has 1 N–H and O–H groups in total. The molecule has 0 aromatic carbocycles. The van der Waals surface area contributed by atoms with Crippen molar-refractivity contribution < 1.29 is 14.9 Å². The van der Waals surface area contributed by atoms with Crippen molar-refractivity contribution >= 4 is 0 Å². The molecule has 0 radical (unpaired) electrons. The van der Waals surface area contributed by atoms with Crippen LogP contribution in [0.1, 0.15) is 90.9 Å². The maximum atomic E-state index is 9.38. The molecule has 0 heterocycles. The summed E-state index contributed by atoms with van der Waals surface area (Å²) in [6.07, 6.45) is 14.4. The van der Waals surface area contributed by atoms with Crippen LogP contribution in [0.4, 0.5) is 0 Å².